The number of nitrogens with zero attached hydrogens (tertiary/aromatic N) is 2. The summed E-state index contributed by atoms with van der Waals surface area (Å²) in [5, 5.41) is 38.0. The summed E-state index contributed by atoms with van der Waals surface area (Å²) in [5.41, 5.74) is 18.5. The standard InChI is InChI=1S/C13H13N3O4S.C7H9N.C6H7ClN2O4S.C6H9N3O2S.CH3.Pd/c14-21(19,20)13-8-11(16(17)18)6-7-12(13)15-9-10-4-2-1-3-5-10;8-6-7-4-2-1-3-5-7;1-2-5(7)6(14(8,12)13)3-4-9(10)11;7-4-1-2-5(8)6(3-4)12(9,10)11;;/h1-8,15H,9H2,(H2,14,19,20);1-5H,6,8H2;2-4H,1H2,(H2,8,12,13);1-3H,7-8H2,(H2,9,10,11);1H3;/q;;;;-1;/b;;4-3+,6-5-;;;. The predicted octanol–water partition coefficient (Wildman–Crippen LogP) is 3.65. The Balaban J connectivity index is 0. The zero-order chi connectivity index (χ0) is 42.0. The third-order valence-electron chi connectivity index (χ3n) is 6.30. The van der Waals surface area contributed by atoms with E-state index in [1.54, 1.807) is 0 Å². The third-order valence-corrected chi connectivity index (χ3v) is 9.66. The van der Waals surface area contributed by atoms with Crippen LogP contribution in [0.2, 0.25) is 0 Å². The smallest absolute Gasteiger partial charge is 0.270 e. The number of allylic oxidation sites excluding steroid dienone is 3. The molecule has 24 heteroatoms. The first kappa shape index (κ1) is 54.0. The first-order valence-corrected chi connectivity index (χ1v) is 19.9. The topological polar surface area (TPSA) is 357 Å². The minimum absolute atomic E-state index is 0. The van der Waals surface area contributed by atoms with E-state index in [0.29, 0.717) is 31.1 Å². The Morgan fingerprint density at radius 2 is 1.28 bits per heavy atom. The largest absolute Gasteiger partial charge is 0.399 e. The molecule has 57 heavy (non-hydrogen) atoms. The van der Waals surface area contributed by atoms with E-state index in [0.717, 1.165) is 17.7 Å². The molecule has 19 nitrogen and oxygen atoms in total. The first-order valence-electron chi connectivity index (χ1n) is 14.9. The molecule has 0 aliphatic rings. The van der Waals surface area contributed by atoms with E-state index in [1.165, 1.54) is 35.9 Å². The number of nitro benzene ring substituents is 1. The van der Waals surface area contributed by atoms with Gasteiger partial charge >= 0.3 is 0 Å². The summed E-state index contributed by atoms with van der Waals surface area (Å²) < 4.78 is 66.5. The number of nitrogen functional groups attached to an aromatic ring is 2. The number of sulfonamides is 3. The number of halogens is 1. The Morgan fingerprint density at radius 1 is 0.772 bits per heavy atom. The van der Waals surface area contributed by atoms with Crippen molar-refractivity contribution in [2.75, 3.05) is 16.8 Å². The van der Waals surface area contributed by atoms with E-state index in [1.807, 2.05) is 60.7 Å². The fraction of sp³-hybridized carbons (Fsp3) is 0.0606. The SMILES string of the molecule is C=C/C(Cl)=C(\C=C\[N+](=O)[O-])S(N)(=O)=O.NCc1ccccc1.NS(=O)(=O)c1cc([N+](=O)[O-])ccc1NCc1ccccc1.Nc1ccc(N)c(S(N)(=O)=O)c1.[CH3-].[Pd]. The number of primary sulfonamides is 3. The molecule has 0 atom stereocenters. The zero-order valence-corrected chi connectivity index (χ0v) is 34.7. The molecule has 4 aromatic carbocycles. The van der Waals surface area contributed by atoms with Gasteiger partial charge in [0.25, 0.3) is 5.69 Å². The Labute approximate surface area is 349 Å². The van der Waals surface area contributed by atoms with Gasteiger partial charge in [0.1, 0.15) is 14.7 Å². The van der Waals surface area contributed by atoms with Crippen LogP contribution in [0.4, 0.5) is 22.7 Å². The molecule has 13 N–H and O–H groups in total. The molecule has 0 fully saturated rings. The van der Waals surface area contributed by atoms with Crippen molar-refractivity contribution in [3.05, 3.63) is 171 Å². The molecule has 0 aliphatic carbocycles. The van der Waals surface area contributed by atoms with Crippen LogP contribution >= 0.6 is 11.6 Å². The van der Waals surface area contributed by atoms with Crippen LogP contribution in [-0.4, -0.2) is 35.1 Å². The molecule has 0 saturated heterocycles. The Morgan fingerprint density at radius 3 is 1.67 bits per heavy atom. The second-order valence-corrected chi connectivity index (χ2v) is 15.4. The molecule has 0 aromatic heterocycles. The van der Waals surface area contributed by atoms with Crippen molar-refractivity contribution >= 4 is 64.4 Å². The monoisotopic (exact) mass is 960 g/mol. The number of hydrogen-bond donors (Lipinski definition) is 7. The summed E-state index contributed by atoms with van der Waals surface area (Å²) in [6.45, 7) is 4.22. The van der Waals surface area contributed by atoms with Crippen molar-refractivity contribution in [1.82, 2.24) is 0 Å². The molecule has 0 aliphatic heterocycles. The van der Waals surface area contributed by atoms with E-state index >= 15 is 0 Å². The number of nitrogens with two attached hydrogens (primary N) is 6. The molecule has 0 saturated carbocycles. The number of nitrogens with one attached hydrogen (secondary N) is 1. The average molecular weight is 962 g/mol. The van der Waals surface area contributed by atoms with Crippen LogP contribution in [0, 0.1) is 27.7 Å². The van der Waals surface area contributed by atoms with Gasteiger partial charge in [0.05, 0.1) is 26.3 Å². The molecular weight excluding hydrogens is 920 g/mol. The van der Waals surface area contributed by atoms with Gasteiger partial charge in [0.15, 0.2) is 0 Å². The van der Waals surface area contributed by atoms with Gasteiger partial charge < -0.3 is 29.9 Å². The number of rotatable bonds is 11. The molecule has 0 amide bonds. The van der Waals surface area contributed by atoms with Crippen LogP contribution in [0.3, 0.4) is 0 Å². The van der Waals surface area contributed by atoms with Gasteiger partial charge in [0, 0.05) is 57.4 Å². The number of anilines is 3. The summed E-state index contributed by atoms with van der Waals surface area (Å²) in [4.78, 5) is 18.2. The van der Waals surface area contributed by atoms with E-state index in [2.05, 4.69) is 11.9 Å². The Kier molecular flexibility index (Phi) is 23.9. The van der Waals surface area contributed by atoms with Crippen LogP contribution in [0.5, 0.6) is 0 Å². The Hall–Kier alpha value is -5.06. The minimum Gasteiger partial charge on any atom is -0.399 e. The molecule has 0 spiro atoms. The van der Waals surface area contributed by atoms with E-state index in [4.69, 9.17) is 44.2 Å². The number of nitro groups is 2. The van der Waals surface area contributed by atoms with Crippen LogP contribution in [0.15, 0.2) is 142 Å². The van der Waals surface area contributed by atoms with Gasteiger partial charge in [-0.15, -0.1) is 0 Å². The fourth-order valence-electron chi connectivity index (χ4n) is 3.75. The van der Waals surface area contributed by atoms with Crippen LogP contribution in [0.1, 0.15) is 11.1 Å². The van der Waals surface area contributed by atoms with Crippen LogP contribution < -0.4 is 37.9 Å². The maximum Gasteiger partial charge on any atom is 0.270 e. The van der Waals surface area contributed by atoms with Crippen LogP contribution in [0.25, 0.3) is 0 Å². The van der Waals surface area contributed by atoms with E-state index in [-0.39, 0.29) is 59.7 Å². The third kappa shape index (κ3) is 20.6. The number of benzene rings is 4. The predicted molar refractivity (Wildman–Crippen MR) is 218 cm³/mol. The molecule has 0 heterocycles. The van der Waals surface area contributed by atoms with Crippen LogP contribution in [-0.2, 0) is 63.6 Å². The second kappa shape index (κ2) is 25.2. The van der Waals surface area contributed by atoms with Gasteiger partial charge in [-0.2, -0.15) is 0 Å². The molecule has 0 bridgehead atoms. The van der Waals surface area contributed by atoms with Gasteiger partial charge in [-0.25, -0.2) is 40.7 Å². The normalized spacial score (nSPS) is 11.2. The Bertz CT molecular complexity index is 2360. The number of hydrogen-bond acceptors (Lipinski definition) is 14. The second-order valence-electron chi connectivity index (χ2n) is 10.4. The maximum atomic E-state index is 11.6. The molecule has 0 radical (unpaired) electrons. The van der Waals surface area contributed by atoms with Crippen molar-refractivity contribution in [2.24, 2.45) is 21.2 Å². The van der Waals surface area contributed by atoms with Crippen molar-refractivity contribution < 1.29 is 55.5 Å². The van der Waals surface area contributed by atoms with Gasteiger partial charge in [-0.05, 0) is 41.5 Å². The average Bonchev–Trinajstić information content (AvgIpc) is 3.11. The molecule has 4 aromatic rings. The summed E-state index contributed by atoms with van der Waals surface area (Å²) in [6, 6.07) is 26.9. The summed E-state index contributed by atoms with van der Waals surface area (Å²) in [7, 11) is -11.9. The number of non-ortho nitro benzene ring substituents is 1. The fourth-order valence-corrected chi connectivity index (χ4v) is 6.17. The van der Waals surface area contributed by atoms with Crippen molar-refractivity contribution in [3.8, 4) is 0 Å². The van der Waals surface area contributed by atoms with E-state index < -0.39 is 44.8 Å². The van der Waals surface area contributed by atoms with Gasteiger partial charge in [0.2, 0.25) is 36.3 Å². The molecule has 4 rings (SSSR count). The molecule has 314 valence electrons. The summed E-state index contributed by atoms with van der Waals surface area (Å²) in [6.07, 6.45) is 2.14. The van der Waals surface area contributed by atoms with Gasteiger partial charge in [-0.3, -0.25) is 20.2 Å². The minimum atomic E-state index is -4.09. The first-order chi connectivity index (χ1) is 25.5. The van der Waals surface area contributed by atoms with Crippen molar-refractivity contribution in [1.29, 1.82) is 0 Å². The maximum absolute atomic E-state index is 11.6. The summed E-state index contributed by atoms with van der Waals surface area (Å²) >= 11 is 5.43. The van der Waals surface area contributed by atoms with Crippen molar-refractivity contribution in [2.45, 2.75) is 22.9 Å². The summed E-state index contributed by atoms with van der Waals surface area (Å²) in [5.74, 6) is 0. The van der Waals surface area contributed by atoms with Gasteiger partial charge in [-0.1, -0.05) is 78.8 Å². The van der Waals surface area contributed by atoms with E-state index in [9.17, 15) is 45.5 Å². The zero-order valence-electron chi connectivity index (χ0n) is 30.0. The molecule has 0 unspecified atom stereocenters. The quantitative estimate of drug-likeness (QED) is 0.0282. The molecular formula is C33H41ClN9O10PdS3-. The van der Waals surface area contributed by atoms with Crippen molar-refractivity contribution in [3.63, 3.8) is 0 Å².